The largest absolute Gasteiger partial charge is 0.412 e. The van der Waals surface area contributed by atoms with Crippen LogP contribution in [0.1, 0.15) is 64.2 Å². The SMILES string of the molecule is N=C(CCC(=O)OC(=O)C1CCC(CNC(=O)CI)CC1)OC(=O)C1CCC(CNC(=O)CI)CC1. The van der Waals surface area contributed by atoms with Gasteiger partial charge in [0, 0.05) is 19.5 Å². The summed E-state index contributed by atoms with van der Waals surface area (Å²) in [6, 6.07) is 0. The van der Waals surface area contributed by atoms with E-state index in [0.29, 0.717) is 59.5 Å². The first-order chi connectivity index (χ1) is 17.2. The molecule has 2 amide bonds. The minimum absolute atomic E-state index is 0.000211. The first-order valence-electron chi connectivity index (χ1n) is 12.4. The van der Waals surface area contributed by atoms with Crippen LogP contribution in [-0.4, -0.2) is 57.6 Å². The molecular formula is C24H35I2N3O7. The van der Waals surface area contributed by atoms with Gasteiger partial charge in [0.05, 0.1) is 27.1 Å². The fourth-order valence-electron chi connectivity index (χ4n) is 4.53. The maximum Gasteiger partial charge on any atom is 0.316 e. The first-order valence-corrected chi connectivity index (χ1v) is 15.5. The Morgan fingerprint density at radius 3 is 1.50 bits per heavy atom. The maximum absolute atomic E-state index is 12.4. The van der Waals surface area contributed by atoms with Gasteiger partial charge in [0.2, 0.25) is 11.8 Å². The van der Waals surface area contributed by atoms with E-state index in [9.17, 15) is 24.0 Å². The summed E-state index contributed by atoms with van der Waals surface area (Å²) >= 11 is 4.02. The molecule has 2 aliphatic rings. The molecule has 2 rings (SSSR count). The van der Waals surface area contributed by atoms with Crippen LogP contribution in [0.25, 0.3) is 0 Å². The van der Waals surface area contributed by atoms with Gasteiger partial charge in [-0.15, -0.1) is 0 Å². The van der Waals surface area contributed by atoms with E-state index in [1.165, 1.54) is 0 Å². The Labute approximate surface area is 238 Å². The zero-order valence-electron chi connectivity index (χ0n) is 20.3. The van der Waals surface area contributed by atoms with Crippen LogP contribution in [0.5, 0.6) is 0 Å². The fourth-order valence-corrected chi connectivity index (χ4v) is 5.07. The summed E-state index contributed by atoms with van der Waals surface area (Å²) in [6.45, 7) is 1.21. The predicted octanol–water partition coefficient (Wildman–Crippen LogP) is 3.07. The molecular weight excluding hydrogens is 696 g/mol. The number of amides is 2. The maximum atomic E-state index is 12.4. The van der Waals surface area contributed by atoms with Gasteiger partial charge in [-0.2, -0.15) is 0 Å². The van der Waals surface area contributed by atoms with Crippen molar-refractivity contribution in [3.63, 3.8) is 0 Å². The van der Waals surface area contributed by atoms with E-state index in [0.717, 1.165) is 25.7 Å². The summed E-state index contributed by atoms with van der Waals surface area (Å²) in [4.78, 5) is 59.5. The van der Waals surface area contributed by atoms with E-state index in [1.807, 2.05) is 45.2 Å². The van der Waals surface area contributed by atoms with Gasteiger partial charge in [0.25, 0.3) is 0 Å². The summed E-state index contributed by atoms with van der Waals surface area (Å²) < 4.78 is 10.9. The van der Waals surface area contributed by atoms with Crippen LogP contribution in [0.15, 0.2) is 0 Å². The van der Waals surface area contributed by atoms with E-state index in [-0.39, 0.29) is 42.4 Å². The lowest BCUT2D eigenvalue weighted by Gasteiger charge is -2.27. The zero-order valence-corrected chi connectivity index (χ0v) is 24.6. The van der Waals surface area contributed by atoms with Crippen LogP contribution in [0.3, 0.4) is 0 Å². The number of esters is 3. The molecule has 2 fully saturated rings. The highest BCUT2D eigenvalue weighted by Gasteiger charge is 2.30. The summed E-state index contributed by atoms with van der Waals surface area (Å²) in [5.74, 6) is -2.02. The molecule has 10 nitrogen and oxygen atoms in total. The third-order valence-corrected chi connectivity index (χ3v) is 8.16. The van der Waals surface area contributed by atoms with Crippen LogP contribution >= 0.6 is 45.2 Å². The second-order valence-electron chi connectivity index (χ2n) is 9.45. The molecule has 0 aromatic heterocycles. The van der Waals surface area contributed by atoms with Gasteiger partial charge < -0.3 is 20.1 Å². The van der Waals surface area contributed by atoms with Gasteiger partial charge in [-0.3, -0.25) is 29.4 Å². The highest BCUT2D eigenvalue weighted by Crippen LogP contribution is 2.30. The van der Waals surface area contributed by atoms with Crippen molar-refractivity contribution in [2.45, 2.75) is 64.2 Å². The molecule has 3 N–H and O–H groups in total. The van der Waals surface area contributed by atoms with Crippen molar-refractivity contribution >= 4 is 80.8 Å². The van der Waals surface area contributed by atoms with Crippen LogP contribution in [-0.2, 0) is 33.4 Å². The van der Waals surface area contributed by atoms with Gasteiger partial charge in [-0.1, -0.05) is 45.2 Å². The number of ether oxygens (including phenoxy) is 2. The minimum atomic E-state index is -0.730. The Morgan fingerprint density at radius 1 is 0.667 bits per heavy atom. The van der Waals surface area contributed by atoms with Crippen LogP contribution < -0.4 is 10.6 Å². The lowest BCUT2D eigenvalue weighted by atomic mass is 9.82. The molecule has 0 aromatic rings. The van der Waals surface area contributed by atoms with Gasteiger partial charge in [-0.25, -0.2) is 0 Å². The number of halogens is 2. The Kier molecular flexibility index (Phi) is 14.2. The van der Waals surface area contributed by atoms with E-state index in [2.05, 4.69) is 10.6 Å². The van der Waals surface area contributed by atoms with Gasteiger partial charge in [0.1, 0.15) is 0 Å². The highest BCUT2D eigenvalue weighted by atomic mass is 127. The predicted molar refractivity (Wildman–Crippen MR) is 149 cm³/mol. The number of rotatable bonds is 11. The monoisotopic (exact) mass is 731 g/mol. The number of hydrogen-bond acceptors (Lipinski definition) is 8. The summed E-state index contributed by atoms with van der Waals surface area (Å²) in [5.41, 5.74) is 0. The summed E-state index contributed by atoms with van der Waals surface area (Å²) in [5, 5.41) is 13.6. The number of nitrogens with one attached hydrogen (secondary N) is 3. The molecule has 0 aliphatic heterocycles. The number of carbonyl (C=O) groups excluding carboxylic acids is 5. The Balaban J connectivity index is 1.59. The molecule has 2 aliphatic carbocycles. The summed E-state index contributed by atoms with van der Waals surface area (Å²) in [6.07, 6.45) is 5.35. The third kappa shape index (κ3) is 11.4. The van der Waals surface area contributed by atoms with Crippen LogP contribution in [0.4, 0.5) is 0 Å². The molecule has 2 saturated carbocycles. The van der Waals surface area contributed by atoms with Gasteiger partial charge in [0.15, 0.2) is 5.90 Å². The Morgan fingerprint density at radius 2 is 1.08 bits per heavy atom. The molecule has 0 spiro atoms. The van der Waals surface area contributed by atoms with Crippen LogP contribution in [0, 0.1) is 29.1 Å². The molecule has 0 aromatic carbocycles. The smallest absolute Gasteiger partial charge is 0.316 e. The molecule has 0 bridgehead atoms. The normalized spacial score (nSPS) is 23.7. The molecule has 202 valence electrons. The van der Waals surface area contributed by atoms with Crippen molar-refractivity contribution < 1.29 is 33.4 Å². The van der Waals surface area contributed by atoms with Gasteiger partial charge >= 0.3 is 17.9 Å². The van der Waals surface area contributed by atoms with Crippen molar-refractivity contribution in [2.75, 3.05) is 21.9 Å². The number of hydrogen-bond donors (Lipinski definition) is 3. The zero-order chi connectivity index (χ0) is 26.5. The number of carbonyl (C=O) groups is 5. The quantitative estimate of drug-likeness (QED) is 0.0739. The fraction of sp³-hybridized carbons (Fsp3) is 0.750. The molecule has 0 atom stereocenters. The number of alkyl halides is 2. The lowest BCUT2D eigenvalue weighted by Crippen LogP contribution is -2.33. The molecule has 0 heterocycles. The first kappa shape index (κ1) is 30.9. The molecule has 0 unspecified atom stereocenters. The van der Waals surface area contributed by atoms with Gasteiger partial charge in [-0.05, 0) is 63.2 Å². The van der Waals surface area contributed by atoms with E-state index in [1.54, 1.807) is 0 Å². The average Bonchev–Trinajstić information content (AvgIpc) is 2.89. The second-order valence-corrected chi connectivity index (χ2v) is 11.0. The van der Waals surface area contributed by atoms with Crippen molar-refractivity contribution in [1.29, 1.82) is 5.41 Å². The van der Waals surface area contributed by atoms with E-state index < -0.39 is 17.9 Å². The third-order valence-electron chi connectivity index (χ3n) is 6.77. The topological polar surface area (TPSA) is 152 Å². The van der Waals surface area contributed by atoms with Crippen LogP contribution in [0.2, 0.25) is 0 Å². The van der Waals surface area contributed by atoms with Crippen molar-refractivity contribution in [2.24, 2.45) is 23.7 Å². The molecule has 0 saturated heterocycles. The van der Waals surface area contributed by atoms with Crippen molar-refractivity contribution in [3.05, 3.63) is 0 Å². The Hall–Kier alpha value is -1.32. The molecule has 36 heavy (non-hydrogen) atoms. The molecule has 12 heteroatoms. The van der Waals surface area contributed by atoms with E-state index in [4.69, 9.17) is 14.9 Å². The van der Waals surface area contributed by atoms with Crippen molar-refractivity contribution in [3.8, 4) is 0 Å². The Bertz CT molecular complexity index is 742. The highest BCUT2D eigenvalue weighted by molar-refractivity contribution is 14.1. The lowest BCUT2D eigenvalue weighted by molar-refractivity contribution is -0.163. The van der Waals surface area contributed by atoms with Crippen molar-refractivity contribution in [1.82, 2.24) is 10.6 Å². The minimum Gasteiger partial charge on any atom is -0.412 e. The molecule has 0 radical (unpaired) electrons. The van der Waals surface area contributed by atoms with E-state index >= 15 is 0 Å². The summed E-state index contributed by atoms with van der Waals surface area (Å²) in [7, 11) is 0. The second kappa shape index (κ2) is 16.5. The average molecular weight is 731 g/mol. The standard InChI is InChI=1S/C24H35I2N3O7/c25-11-20(30)28-13-15-1-5-17(6-2-15)23(33)35-19(27)9-10-22(32)36-24(34)18-7-3-16(4-8-18)14-29-21(31)12-26/h15-18,27H,1-14H2,(H,28,30)(H,29,31).